The van der Waals surface area contributed by atoms with E-state index in [9.17, 15) is 18.0 Å². The van der Waals surface area contributed by atoms with Crippen LogP contribution in [0.2, 0.25) is 0 Å². The van der Waals surface area contributed by atoms with Crippen LogP contribution in [0.15, 0.2) is 83.8 Å². The quantitative estimate of drug-likeness (QED) is 0.291. The lowest BCUT2D eigenvalue weighted by molar-refractivity contribution is -0.140. The van der Waals surface area contributed by atoms with Crippen LogP contribution in [0.5, 0.6) is 0 Å². The highest BCUT2D eigenvalue weighted by molar-refractivity contribution is 7.92. The average Bonchev–Trinajstić information content (AvgIpc) is 2.96. The second kappa shape index (κ2) is 14.1. The van der Waals surface area contributed by atoms with Crippen molar-refractivity contribution in [1.82, 2.24) is 10.2 Å². The molecule has 2 amide bonds. The molecule has 3 aromatic rings. The molecule has 8 heteroatoms. The number of amides is 2. The van der Waals surface area contributed by atoms with Crippen LogP contribution in [0.1, 0.15) is 63.1 Å². The van der Waals surface area contributed by atoms with Crippen molar-refractivity contribution in [3.05, 3.63) is 95.6 Å². The number of carbonyl (C=O) groups excluding carboxylic acids is 2. The molecule has 1 unspecified atom stereocenters. The second-order valence-corrected chi connectivity index (χ2v) is 12.2. The van der Waals surface area contributed by atoms with Gasteiger partial charge >= 0.3 is 0 Å². The normalized spacial score (nSPS) is 12.2. The number of hydrogen-bond acceptors (Lipinski definition) is 4. The highest BCUT2D eigenvalue weighted by Gasteiger charge is 2.33. The first-order valence-corrected chi connectivity index (χ1v) is 15.3. The molecular weight excluding hydrogens is 522 g/mol. The van der Waals surface area contributed by atoms with Gasteiger partial charge in [-0.3, -0.25) is 13.9 Å². The van der Waals surface area contributed by atoms with Gasteiger partial charge in [-0.2, -0.15) is 0 Å². The summed E-state index contributed by atoms with van der Waals surface area (Å²) in [6.07, 6.45) is 1.16. The highest BCUT2D eigenvalue weighted by Crippen LogP contribution is 2.27. The summed E-state index contributed by atoms with van der Waals surface area (Å²) in [5.74, 6) is -0.429. The Morgan fingerprint density at radius 3 is 2.05 bits per heavy atom. The molecule has 40 heavy (non-hydrogen) atoms. The minimum absolute atomic E-state index is 0.0913. The number of sulfonamides is 1. The summed E-state index contributed by atoms with van der Waals surface area (Å²) in [6, 6.07) is 22.4. The van der Waals surface area contributed by atoms with Gasteiger partial charge in [0.25, 0.3) is 10.0 Å². The third-order valence-electron chi connectivity index (χ3n) is 6.87. The lowest BCUT2D eigenvalue weighted by Gasteiger charge is -2.33. The minimum atomic E-state index is -4.08. The molecular formula is C32H41N3O4S. The van der Waals surface area contributed by atoms with E-state index in [4.69, 9.17) is 0 Å². The fourth-order valence-electron chi connectivity index (χ4n) is 4.45. The van der Waals surface area contributed by atoms with E-state index in [1.165, 1.54) is 17.0 Å². The van der Waals surface area contributed by atoms with Crippen molar-refractivity contribution in [2.45, 2.75) is 70.9 Å². The number of rotatable bonds is 13. The maximum absolute atomic E-state index is 14.1. The molecule has 0 saturated heterocycles. The molecule has 0 spiro atoms. The number of carbonyl (C=O) groups is 2. The van der Waals surface area contributed by atoms with Crippen LogP contribution in [-0.2, 0) is 26.2 Å². The molecule has 3 rings (SSSR count). The Balaban J connectivity index is 2.04. The lowest BCUT2D eigenvalue weighted by Crippen LogP contribution is -2.52. The van der Waals surface area contributed by atoms with Crippen LogP contribution in [0, 0.1) is 6.92 Å². The van der Waals surface area contributed by atoms with Gasteiger partial charge in [0, 0.05) is 13.1 Å². The zero-order valence-electron chi connectivity index (χ0n) is 24.1. The van der Waals surface area contributed by atoms with Crippen LogP contribution < -0.4 is 9.62 Å². The molecule has 7 nitrogen and oxygen atoms in total. The monoisotopic (exact) mass is 563 g/mol. The van der Waals surface area contributed by atoms with Crippen molar-refractivity contribution in [2.75, 3.05) is 17.4 Å². The van der Waals surface area contributed by atoms with E-state index in [0.717, 1.165) is 27.4 Å². The Labute approximate surface area is 239 Å². The number of anilines is 1. The average molecular weight is 564 g/mol. The third kappa shape index (κ3) is 7.72. The van der Waals surface area contributed by atoms with Crippen molar-refractivity contribution < 1.29 is 18.0 Å². The first-order valence-electron chi connectivity index (χ1n) is 13.9. The van der Waals surface area contributed by atoms with E-state index in [1.807, 2.05) is 57.2 Å². The molecule has 214 valence electrons. The Bertz CT molecular complexity index is 1360. The number of nitrogens with zero attached hydrogens (tertiary/aromatic N) is 2. The first kappa shape index (κ1) is 30.9. The van der Waals surface area contributed by atoms with Gasteiger partial charge < -0.3 is 10.2 Å². The number of aryl methyl sites for hydroxylation is 1. The number of benzene rings is 3. The fraction of sp³-hybridized carbons (Fsp3) is 0.375. The molecule has 0 aliphatic heterocycles. The van der Waals surface area contributed by atoms with E-state index < -0.39 is 28.5 Å². The summed E-state index contributed by atoms with van der Waals surface area (Å²) >= 11 is 0. The first-order chi connectivity index (χ1) is 19.1. The van der Waals surface area contributed by atoms with E-state index in [1.54, 1.807) is 30.3 Å². The number of hydrogen-bond donors (Lipinski definition) is 1. The van der Waals surface area contributed by atoms with Gasteiger partial charge in [-0.1, -0.05) is 87.9 Å². The predicted molar refractivity (Wildman–Crippen MR) is 161 cm³/mol. The smallest absolute Gasteiger partial charge is 0.264 e. The summed E-state index contributed by atoms with van der Waals surface area (Å²) in [7, 11) is -4.08. The molecule has 0 saturated carbocycles. The van der Waals surface area contributed by atoms with Crippen molar-refractivity contribution in [2.24, 2.45) is 0 Å². The molecule has 1 N–H and O–H groups in total. The van der Waals surface area contributed by atoms with Gasteiger partial charge in [-0.05, 0) is 61.1 Å². The summed E-state index contributed by atoms with van der Waals surface area (Å²) < 4.78 is 28.9. The van der Waals surface area contributed by atoms with Crippen LogP contribution in [0.25, 0.3) is 0 Å². The zero-order valence-corrected chi connectivity index (χ0v) is 24.9. The van der Waals surface area contributed by atoms with Crippen molar-refractivity contribution in [3.63, 3.8) is 0 Å². The van der Waals surface area contributed by atoms with Gasteiger partial charge in [0.05, 0.1) is 10.6 Å². The van der Waals surface area contributed by atoms with Crippen LogP contribution >= 0.6 is 0 Å². The predicted octanol–water partition coefficient (Wildman–Crippen LogP) is 5.65. The maximum Gasteiger partial charge on any atom is 0.264 e. The van der Waals surface area contributed by atoms with Crippen LogP contribution in [0.3, 0.4) is 0 Å². The summed E-state index contributed by atoms with van der Waals surface area (Å²) in [6.45, 7) is 10.2. The standard InChI is InChI=1S/C32H41N3O4S/c1-6-21-33-32(37)30(7-2)34(22-26-15-13-25(5)14-16-26)31(36)23-35(28-19-17-27(18-20-28)24(3)4)40(38,39)29-11-9-8-10-12-29/h8-20,24,30H,6-7,21-23H2,1-5H3,(H,33,37). The van der Waals surface area contributed by atoms with Crippen LogP contribution in [0.4, 0.5) is 5.69 Å². The van der Waals surface area contributed by atoms with Crippen molar-refractivity contribution >= 4 is 27.5 Å². The Kier molecular flexibility index (Phi) is 10.9. The van der Waals surface area contributed by atoms with Crippen LogP contribution in [-0.4, -0.2) is 44.3 Å². The Morgan fingerprint density at radius 1 is 0.875 bits per heavy atom. The van der Waals surface area contributed by atoms with Gasteiger partial charge in [-0.15, -0.1) is 0 Å². The Morgan fingerprint density at radius 2 is 1.50 bits per heavy atom. The van der Waals surface area contributed by atoms with Gasteiger partial charge in [0.1, 0.15) is 12.6 Å². The third-order valence-corrected chi connectivity index (χ3v) is 8.65. The van der Waals surface area contributed by atoms with E-state index in [2.05, 4.69) is 19.2 Å². The SMILES string of the molecule is CCCNC(=O)C(CC)N(Cc1ccc(C)cc1)C(=O)CN(c1ccc(C(C)C)cc1)S(=O)(=O)c1ccccc1. The highest BCUT2D eigenvalue weighted by atomic mass is 32.2. The molecule has 1 atom stereocenters. The lowest BCUT2D eigenvalue weighted by atomic mass is 10.0. The van der Waals surface area contributed by atoms with Gasteiger partial charge in [0.2, 0.25) is 11.8 Å². The van der Waals surface area contributed by atoms with Gasteiger partial charge in [-0.25, -0.2) is 8.42 Å². The minimum Gasteiger partial charge on any atom is -0.354 e. The Hall–Kier alpha value is -3.65. The summed E-state index contributed by atoms with van der Waals surface area (Å²) in [5.41, 5.74) is 3.39. The summed E-state index contributed by atoms with van der Waals surface area (Å²) in [5, 5.41) is 2.91. The molecule has 0 aromatic heterocycles. The summed E-state index contributed by atoms with van der Waals surface area (Å²) in [4.78, 5) is 28.8. The molecule has 0 bridgehead atoms. The van der Waals surface area contributed by atoms with Gasteiger partial charge in [0.15, 0.2) is 0 Å². The molecule has 3 aromatic carbocycles. The number of nitrogens with one attached hydrogen (secondary N) is 1. The fourth-order valence-corrected chi connectivity index (χ4v) is 5.88. The molecule has 0 fully saturated rings. The topological polar surface area (TPSA) is 86.8 Å². The van der Waals surface area contributed by atoms with E-state index in [-0.39, 0.29) is 23.3 Å². The van der Waals surface area contributed by atoms with Crippen molar-refractivity contribution in [3.8, 4) is 0 Å². The molecule has 0 heterocycles. The van der Waals surface area contributed by atoms with Crippen molar-refractivity contribution in [1.29, 1.82) is 0 Å². The second-order valence-electron chi connectivity index (χ2n) is 10.3. The molecule has 0 aliphatic carbocycles. The van der Waals surface area contributed by atoms with E-state index >= 15 is 0 Å². The van der Waals surface area contributed by atoms with E-state index in [0.29, 0.717) is 18.7 Å². The molecule has 0 radical (unpaired) electrons. The zero-order chi connectivity index (χ0) is 29.3. The largest absolute Gasteiger partial charge is 0.354 e. The molecule has 0 aliphatic rings. The maximum atomic E-state index is 14.1.